The first-order valence-electron chi connectivity index (χ1n) is 5.48. The number of hydrogen-bond acceptors (Lipinski definition) is 4. The van der Waals surface area contributed by atoms with Crippen LogP contribution in [0.25, 0.3) is 0 Å². The van der Waals surface area contributed by atoms with E-state index in [2.05, 4.69) is 10.5 Å². The van der Waals surface area contributed by atoms with Gasteiger partial charge in [0.15, 0.2) is 0 Å². The van der Waals surface area contributed by atoms with Gasteiger partial charge in [0, 0.05) is 12.1 Å². The molecule has 0 fully saturated rings. The first kappa shape index (κ1) is 13.2. The molecule has 1 amide bonds. The number of nitrogens with zero attached hydrogens (tertiary/aromatic N) is 1. The van der Waals surface area contributed by atoms with Crippen molar-refractivity contribution in [2.24, 2.45) is 5.92 Å². The fraction of sp³-hybridized carbons (Fsp3) is 0.545. The zero-order valence-corrected chi connectivity index (χ0v) is 9.90. The highest BCUT2D eigenvalue weighted by Crippen LogP contribution is 2.08. The van der Waals surface area contributed by atoms with E-state index < -0.39 is 17.8 Å². The number of rotatable bonds is 6. The van der Waals surface area contributed by atoms with Gasteiger partial charge in [0.25, 0.3) is 5.91 Å². The summed E-state index contributed by atoms with van der Waals surface area (Å²) in [6.07, 6.45) is 2.73. The lowest BCUT2D eigenvalue weighted by Crippen LogP contribution is -2.33. The SMILES string of the molecule is CCCC(CNC(=O)c1oncc1C)C(=O)O. The minimum absolute atomic E-state index is 0.0994. The van der Waals surface area contributed by atoms with Crippen molar-refractivity contribution in [3.05, 3.63) is 17.5 Å². The van der Waals surface area contributed by atoms with Gasteiger partial charge < -0.3 is 14.9 Å². The number of aryl methyl sites for hydroxylation is 1. The molecule has 17 heavy (non-hydrogen) atoms. The molecule has 0 radical (unpaired) electrons. The Morgan fingerprint density at radius 1 is 1.59 bits per heavy atom. The molecule has 0 aromatic carbocycles. The Morgan fingerprint density at radius 3 is 2.76 bits per heavy atom. The number of carbonyl (C=O) groups excluding carboxylic acids is 1. The van der Waals surface area contributed by atoms with Crippen LogP contribution in [-0.2, 0) is 4.79 Å². The van der Waals surface area contributed by atoms with Crippen molar-refractivity contribution in [2.75, 3.05) is 6.54 Å². The van der Waals surface area contributed by atoms with Gasteiger partial charge in [-0.2, -0.15) is 0 Å². The summed E-state index contributed by atoms with van der Waals surface area (Å²) in [7, 11) is 0. The third kappa shape index (κ3) is 3.58. The minimum Gasteiger partial charge on any atom is -0.481 e. The van der Waals surface area contributed by atoms with Crippen LogP contribution in [0, 0.1) is 12.8 Å². The van der Waals surface area contributed by atoms with Crippen LogP contribution in [0.4, 0.5) is 0 Å². The predicted octanol–water partition coefficient (Wildman–Crippen LogP) is 1.21. The molecule has 1 aromatic heterocycles. The molecule has 1 heterocycles. The van der Waals surface area contributed by atoms with Gasteiger partial charge in [-0.05, 0) is 13.3 Å². The van der Waals surface area contributed by atoms with Crippen molar-refractivity contribution in [1.29, 1.82) is 0 Å². The van der Waals surface area contributed by atoms with Crippen LogP contribution in [0.1, 0.15) is 35.9 Å². The number of aliphatic carboxylic acids is 1. The maximum Gasteiger partial charge on any atom is 0.308 e. The zero-order valence-electron chi connectivity index (χ0n) is 9.90. The number of nitrogens with one attached hydrogen (secondary N) is 1. The molecule has 0 aliphatic carbocycles. The highest BCUT2D eigenvalue weighted by atomic mass is 16.5. The van der Waals surface area contributed by atoms with Gasteiger partial charge in [0.2, 0.25) is 5.76 Å². The largest absolute Gasteiger partial charge is 0.481 e. The molecule has 0 aliphatic rings. The summed E-state index contributed by atoms with van der Waals surface area (Å²) in [6, 6.07) is 0. The van der Waals surface area contributed by atoms with Gasteiger partial charge in [0.1, 0.15) is 0 Å². The number of amides is 1. The van der Waals surface area contributed by atoms with Crippen molar-refractivity contribution in [3.8, 4) is 0 Å². The zero-order chi connectivity index (χ0) is 12.8. The normalized spacial score (nSPS) is 12.1. The summed E-state index contributed by atoms with van der Waals surface area (Å²) in [4.78, 5) is 22.5. The monoisotopic (exact) mass is 240 g/mol. The summed E-state index contributed by atoms with van der Waals surface area (Å²) in [6.45, 7) is 3.70. The van der Waals surface area contributed by atoms with E-state index in [1.807, 2.05) is 6.92 Å². The van der Waals surface area contributed by atoms with Crippen LogP contribution in [0.15, 0.2) is 10.7 Å². The van der Waals surface area contributed by atoms with Crippen molar-refractivity contribution in [1.82, 2.24) is 10.5 Å². The average Bonchev–Trinajstić information content (AvgIpc) is 2.69. The van der Waals surface area contributed by atoms with E-state index in [4.69, 9.17) is 9.63 Å². The second kappa shape index (κ2) is 6.03. The Labute approximate surface area is 99.0 Å². The maximum atomic E-state index is 11.6. The quantitative estimate of drug-likeness (QED) is 0.779. The molecule has 0 bridgehead atoms. The maximum absolute atomic E-state index is 11.6. The lowest BCUT2D eigenvalue weighted by molar-refractivity contribution is -0.141. The van der Waals surface area contributed by atoms with Crippen molar-refractivity contribution < 1.29 is 19.2 Å². The number of carboxylic acid groups (broad SMARTS) is 1. The van der Waals surface area contributed by atoms with Gasteiger partial charge in [-0.25, -0.2) is 0 Å². The fourth-order valence-corrected chi connectivity index (χ4v) is 1.47. The van der Waals surface area contributed by atoms with E-state index in [-0.39, 0.29) is 12.3 Å². The Bertz CT molecular complexity index is 400. The molecule has 1 rings (SSSR count). The number of hydrogen-bond donors (Lipinski definition) is 2. The Kier molecular flexibility index (Phi) is 4.68. The van der Waals surface area contributed by atoms with Crippen molar-refractivity contribution in [3.63, 3.8) is 0 Å². The van der Waals surface area contributed by atoms with Crippen LogP contribution >= 0.6 is 0 Å². The molecule has 0 saturated heterocycles. The van der Waals surface area contributed by atoms with Crippen LogP contribution in [0.2, 0.25) is 0 Å². The van der Waals surface area contributed by atoms with Crippen molar-refractivity contribution >= 4 is 11.9 Å². The first-order chi connectivity index (χ1) is 8.06. The van der Waals surface area contributed by atoms with Crippen LogP contribution in [-0.4, -0.2) is 28.7 Å². The Balaban J connectivity index is 2.52. The molecule has 6 heteroatoms. The second-order valence-electron chi connectivity index (χ2n) is 3.87. The van der Waals surface area contributed by atoms with Crippen LogP contribution in [0.3, 0.4) is 0 Å². The van der Waals surface area contributed by atoms with E-state index in [1.54, 1.807) is 6.92 Å². The molecular formula is C11H16N2O4. The van der Waals surface area contributed by atoms with Crippen molar-refractivity contribution in [2.45, 2.75) is 26.7 Å². The summed E-state index contributed by atoms with van der Waals surface area (Å²) >= 11 is 0. The number of carbonyl (C=O) groups is 2. The lowest BCUT2D eigenvalue weighted by atomic mass is 10.0. The van der Waals surface area contributed by atoms with Crippen LogP contribution < -0.4 is 5.32 Å². The van der Waals surface area contributed by atoms with Gasteiger partial charge in [0.05, 0.1) is 12.1 Å². The molecule has 1 unspecified atom stereocenters. The number of aromatic nitrogens is 1. The van der Waals surface area contributed by atoms with E-state index >= 15 is 0 Å². The minimum atomic E-state index is -0.901. The summed E-state index contributed by atoms with van der Waals surface area (Å²) in [5.74, 6) is -1.76. The van der Waals surface area contributed by atoms with Crippen LogP contribution in [0.5, 0.6) is 0 Å². The highest BCUT2D eigenvalue weighted by Gasteiger charge is 2.19. The molecule has 1 atom stereocenters. The molecule has 0 spiro atoms. The second-order valence-corrected chi connectivity index (χ2v) is 3.87. The standard InChI is InChI=1S/C11H16N2O4/c1-3-4-8(11(15)16)6-12-10(14)9-7(2)5-13-17-9/h5,8H,3-4,6H2,1-2H3,(H,12,14)(H,15,16). The van der Waals surface area contributed by atoms with Gasteiger partial charge in [-0.1, -0.05) is 18.5 Å². The van der Waals surface area contributed by atoms with Gasteiger partial charge >= 0.3 is 5.97 Å². The number of carboxylic acids is 1. The lowest BCUT2D eigenvalue weighted by Gasteiger charge is -2.11. The first-order valence-corrected chi connectivity index (χ1v) is 5.48. The predicted molar refractivity (Wildman–Crippen MR) is 59.6 cm³/mol. The summed E-state index contributed by atoms with van der Waals surface area (Å²) in [5, 5.41) is 14.9. The summed E-state index contributed by atoms with van der Waals surface area (Å²) in [5.41, 5.74) is 0.630. The fourth-order valence-electron chi connectivity index (χ4n) is 1.47. The van der Waals surface area contributed by atoms with E-state index in [9.17, 15) is 9.59 Å². The summed E-state index contributed by atoms with van der Waals surface area (Å²) < 4.78 is 4.77. The van der Waals surface area contributed by atoms with Gasteiger partial charge in [-0.15, -0.1) is 0 Å². The smallest absolute Gasteiger partial charge is 0.308 e. The molecule has 6 nitrogen and oxygen atoms in total. The topological polar surface area (TPSA) is 92.4 Å². The third-order valence-electron chi connectivity index (χ3n) is 2.45. The van der Waals surface area contributed by atoms with E-state index in [0.29, 0.717) is 12.0 Å². The molecule has 94 valence electrons. The molecule has 2 N–H and O–H groups in total. The van der Waals surface area contributed by atoms with Gasteiger partial charge in [-0.3, -0.25) is 9.59 Å². The Hall–Kier alpha value is -1.85. The molecule has 0 aliphatic heterocycles. The molecule has 0 saturated carbocycles. The van der Waals surface area contributed by atoms with E-state index in [1.165, 1.54) is 6.20 Å². The third-order valence-corrected chi connectivity index (χ3v) is 2.45. The highest BCUT2D eigenvalue weighted by molar-refractivity contribution is 5.92. The Morgan fingerprint density at radius 2 is 2.29 bits per heavy atom. The molecular weight excluding hydrogens is 224 g/mol. The average molecular weight is 240 g/mol. The molecule has 1 aromatic rings. The van der Waals surface area contributed by atoms with E-state index in [0.717, 1.165) is 6.42 Å².